The van der Waals surface area contributed by atoms with Gasteiger partial charge in [0.15, 0.2) is 0 Å². The van der Waals surface area contributed by atoms with Gasteiger partial charge in [-0.25, -0.2) is 18.4 Å². The third-order valence-electron chi connectivity index (χ3n) is 3.37. The first kappa shape index (κ1) is 17.1. The number of hydrogen-bond acceptors (Lipinski definition) is 4. The number of nitrogens with two attached hydrogens (primary N) is 1. The molecule has 2 rings (SSSR count). The van der Waals surface area contributed by atoms with Crippen molar-refractivity contribution in [3.05, 3.63) is 65.2 Å². The summed E-state index contributed by atoms with van der Waals surface area (Å²) in [7, 11) is -3.65. The summed E-state index contributed by atoms with van der Waals surface area (Å²) in [4.78, 5) is 10.9. The largest absolute Gasteiger partial charge is 0.478 e. The fraction of sp³-hybridized carbons (Fsp3) is 0.188. The molecule has 0 amide bonds. The minimum Gasteiger partial charge on any atom is -0.478 e. The minimum absolute atomic E-state index is 0.104. The molecule has 6 nitrogen and oxygen atoms in total. The third-order valence-corrected chi connectivity index (χ3v) is 4.30. The number of rotatable bonds is 7. The Balaban J connectivity index is 1.80. The molecule has 0 fully saturated rings. The monoisotopic (exact) mass is 334 g/mol. The summed E-state index contributed by atoms with van der Waals surface area (Å²) >= 11 is 0. The van der Waals surface area contributed by atoms with Crippen LogP contribution in [0.3, 0.4) is 0 Å². The maximum atomic E-state index is 11.2. The van der Waals surface area contributed by atoms with Crippen molar-refractivity contribution in [3.63, 3.8) is 0 Å². The number of benzene rings is 2. The van der Waals surface area contributed by atoms with Crippen molar-refractivity contribution >= 4 is 16.0 Å². The summed E-state index contributed by atoms with van der Waals surface area (Å²) in [5, 5.41) is 17.1. The van der Waals surface area contributed by atoms with E-state index in [1.54, 1.807) is 36.4 Å². The molecule has 2 aromatic carbocycles. The molecule has 23 heavy (non-hydrogen) atoms. The van der Waals surface area contributed by atoms with Gasteiger partial charge in [-0.05, 0) is 48.4 Å². The molecule has 122 valence electrons. The van der Waals surface area contributed by atoms with Crippen molar-refractivity contribution in [2.24, 2.45) is 5.14 Å². The quantitative estimate of drug-likeness (QED) is 0.662. The predicted octanol–water partition coefficient (Wildman–Crippen LogP) is 1.36. The number of carboxylic acids is 1. The fourth-order valence-electron chi connectivity index (χ4n) is 2.08. The van der Waals surface area contributed by atoms with E-state index in [0.29, 0.717) is 6.54 Å². The average Bonchev–Trinajstić information content (AvgIpc) is 2.51. The molecule has 7 heteroatoms. The van der Waals surface area contributed by atoms with Crippen molar-refractivity contribution in [2.45, 2.75) is 17.9 Å². The van der Waals surface area contributed by atoms with Gasteiger partial charge in [0.25, 0.3) is 0 Å². The molecule has 0 aromatic heterocycles. The van der Waals surface area contributed by atoms with Crippen molar-refractivity contribution in [3.8, 4) is 0 Å². The topological polar surface area (TPSA) is 109 Å². The van der Waals surface area contributed by atoms with E-state index in [0.717, 1.165) is 24.1 Å². The van der Waals surface area contributed by atoms with E-state index in [4.69, 9.17) is 10.2 Å². The second-order valence-electron chi connectivity index (χ2n) is 5.12. The van der Waals surface area contributed by atoms with Gasteiger partial charge in [-0.3, -0.25) is 0 Å². The Kier molecular flexibility index (Phi) is 5.49. The zero-order valence-electron chi connectivity index (χ0n) is 12.4. The lowest BCUT2D eigenvalue weighted by Gasteiger charge is -2.06. The van der Waals surface area contributed by atoms with Crippen LogP contribution in [0, 0.1) is 0 Å². The Labute approximate surface area is 135 Å². The van der Waals surface area contributed by atoms with Gasteiger partial charge in [-0.2, -0.15) is 0 Å². The van der Waals surface area contributed by atoms with Gasteiger partial charge < -0.3 is 10.4 Å². The minimum atomic E-state index is -3.65. The maximum Gasteiger partial charge on any atom is 0.335 e. The molecule has 0 unspecified atom stereocenters. The normalized spacial score (nSPS) is 11.3. The summed E-state index contributed by atoms with van der Waals surface area (Å²) < 4.78 is 22.3. The van der Waals surface area contributed by atoms with Crippen LogP contribution in [0.4, 0.5) is 0 Å². The molecule has 0 saturated carbocycles. The van der Waals surface area contributed by atoms with E-state index in [1.165, 1.54) is 12.1 Å². The zero-order valence-corrected chi connectivity index (χ0v) is 13.2. The summed E-state index contributed by atoms with van der Waals surface area (Å²) in [5.74, 6) is -0.938. The number of hydrogen-bond donors (Lipinski definition) is 3. The number of sulfonamides is 1. The second kappa shape index (κ2) is 7.36. The van der Waals surface area contributed by atoms with Crippen LogP contribution >= 0.6 is 0 Å². The van der Waals surface area contributed by atoms with Gasteiger partial charge in [0.2, 0.25) is 10.0 Å². The highest BCUT2D eigenvalue weighted by Gasteiger charge is 2.06. The van der Waals surface area contributed by atoms with E-state index in [1.807, 2.05) is 0 Å². The molecule has 0 bridgehead atoms. The highest BCUT2D eigenvalue weighted by atomic mass is 32.2. The predicted molar refractivity (Wildman–Crippen MR) is 86.6 cm³/mol. The maximum absolute atomic E-state index is 11.2. The molecular weight excluding hydrogens is 316 g/mol. The van der Waals surface area contributed by atoms with Crippen molar-refractivity contribution in [1.82, 2.24) is 5.32 Å². The molecule has 2 aromatic rings. The number of primary sulfonamides is 1. The van der Waals surface area contributed by atoms with E-state index in [9.17, 15) is 13.2 Å². The van der Waals surface area contributed by atoms with Gasteiger partial charge in [-0.1, -0.05) is 24.3 Å². The van der Waals surface area contributed by atoms with Gasteiger partial charge in [0.05, 0.1) is 10.5 Å². The van der Waals surface area contributed by atoms with Crippen LogP contribution in [0.2, 0.25) is 0 Å². The van der Waals surface area contributed by atoms with Crippen LogP contribution in [0.25, 0.3) is 0 Å². The smallest absolute Gasteiger partial charge is 0.335 e. The second-order valence-corrected chi connectivity index (χ2v) is 6.68. The summed E-state index contributed by atoms with van der Waals surface area (Å²) in [5.41, 5.74) is 2.27. The van der Waals surface area contributed by atoms with Crippen LogP contribution in [0.15, 0.2) is 53.4 Å². The Morgan fingerprint density at radius 3 is 2.09 bits per heavy atom. The van der Waals surface area contributed by atoms with Gasteiger partial charge in [0, 0.05) is 6.54 Å². The lowest BCUT2D eigenvalue weighted by atomic mass is 10.1. The Bertz CT molecular complexity index is 769. The molecular formula is C16H18N2O4S. The standard InChI is InChI=1S/C16H18N2O4S/c17-23(21,22)15-7-3-12(4-8-15)9-10-18-11-13-1-5-14(6-2-13)16(19)20/h1-8,18H,9-11H2,(H,19,20)(H2,17,21,22). The third kappa shape index (κ3) is 5.17. The molecule has 0 saturated heterocycles. The van der Waals surface area contributed by atoms with Crippen LogP contribution in [0.1, 0.15) is 21.5 Å². The van der Waals surface area contributed by atoms with Crippen LogP contribution in [-0.2, 0) is 23.0 Å². The van der Waals surface area contributed by atoms with E-state index in [2.05, 4.69) is 5.32 Å². The van der Waals surface area contributed by atoms with E-state index >= 15 is 0 Å². The number of carboxylic acid groups (broad SMARTS) is 1. The Morgan fingerprint density at radius 2 is 1.57 bits per heavy atom. The van der Waals surface area contributed by atoms with E-state index < -0.39 is 16.0 Å². The Morgan fingerprint density at radius 1 is 1.00 bits per heavy atom. The van der Waals surface area contributed by atoms with Gasteiger partial charge in [0.1, 0.15) is 0 Å². The summed E-state index contributed by atoms with van der Waals surface area (Å²) in [6, 6.07) is 13.2. The molecule has 0 aliphatic heterocycles. The molecule has 0 spiro atoms. The SMILES string of the molecule is NS(=O)(=O)c1ccc(CCNCc2ccc(C(=O)O)cc2)cc1. The first-order valence-corrected chi connectivity index (χ1v) is 8.55. The zero-order chi connectivity index (χ0) is 16.9. The molecule has 0 aliphatic carbocycles. The first-order chi connectivity index (χ1) is 10.9. The van der Waals surface area contributed by atoms with Gasteiger partial charge in [-0.15, -0.1) is 0 Å². The molecule has 0 radical (unpaired) electrons. The van der Waals surface area contributed by atoms with Crippen LogP contribution < -0.4 is 10.5 Å². The Hall–Kier alpha value is -2.22. The first-order valence-electron chi connectivity index (χ1n) is 7.01. The molecule has 4 N–H and O–H groups in total. The lowest BCUT2D eigenvalue weighted by Crippen LogP contribution is -2.17. The van der Waals surface area contributed by atoms with E-state index in [-0.39, 0.29) is 10.5 Å². The van der Waals surface area contributed by atoms with Crippen LogP contribution in [0.5, 0.6) is 0 Å². The lowest BCUT2D eigenvalue weighted by molar-refractivity contribution is 0.0697. The van der Waals surface area contributed by atoms with Crippen molar-refractivity contribution < 1.29 is 18.3 Å². The number of carbonyl (C=O) groups is 1. The van der Waals surface area contributed by atoms with Crippen molar-refractivity contribution in [1.29, 1.82) is 0 Å². The molecule has 0 aliphatic rings. The molecule has 0 atom stereocenters. The number of nitrogens with one attached hydrogen (secondary N) is 1. The summed E-state index contributed by atoms with van der Waals surface area (Å²) in [6.07, 6.45) is 0.748. The van der Waals surface area contributed by atoms with Crippen LogP contribution in [-0.4, -0.2) is 26.0 Å². The highest BCUT2D eigenvalue weighted by Crippen LogP contribution is 2.09. The fourth-order valence-corrected chi connectivity index (χ4v) is 2.59. The molecule has 0 heterocycles. The number of aromatic carboxylic acids is 1. The average molecular weight is 334 g/mol. The van der Waals surface area contributed by atoms with Crippen molar-refractivity contribution in [2.75, 3.05) is 6.54 Å². The summed E-state index contributed by atoms with van der Waals surface area (Å²) in [6.45, 7) is 1.35. The highest BCUT2D eigenvalue weighted by molar-refractivity contribution is 7.89. The van der Waals surface area contributed by atoms with Gasteiger partial charge >= 0.3 is 5.97 Å².